The first-order chi connectivity index (χ1) is 14.5. The van der Waals surface area contributed by atoms with E-state index in [4.69, 9.17) is 4.74 Å². The maximum absolute atomic E-state index is 12.8. The third kappa shape index (κ3) is 3.76. The predicted octanol–water partition coefficient (Wildman–Crippen LogP) is 3.43. The minimum atomic E-state index is -0.348. The van der Waals surface area contributed by atoms with Gasteiger partial charge in [0.05, 0.1) is 7.11 Å². The van der Waals surface area contributed by atoms with E-state index in [1.807, 2.05) is 67.0 Å². The first-order valence-electron chi connectivity index (χ1n) is 10.0. The van der Waals surface area contributed by atoms with Gasteiger partial charge in [-0.1, -0.05) is 0 Å². The highest BCUT2D eigenvalue weighted by atomic mass is 16.5. The highest BCUT2D eigenvalue weighted by molar-refractivity contribution is 5.99. The van der Waals surface area contributed by atoms with Crippen molar-refractivity contribution in [3.05, 3.63) is 48.8 Å². The number of ether oxygens (including phenoxy) is 1. The molecule has 7 nitrogen and oxygen atoms in total. The molecule has 0 aliphatic heterocycles. The number of H-pyrrole nitrogens is 1. The molecule has 7 heteroatoms. The number of carbonyl (C=O) groups is 1. The van der Waals surface area contributed by atoms with Crippen molar-refractivity contribution in [2.75, 3.05) is 34.3 Å². The van der Waals surface area contributed by atoms with E-state index in [9.17, 15) is 4.79 Å². The normalized spacial score (nSPS) is 12.6. The number of likely N-dealkylation sites (N-methyl/N-ethyl adjacent to an activating group) is 1. The second-order valence-corrected chi connectivity index (χ2v) is 7.73. The summed E-state index contributed by atoms with van der Waals surface area (Å²) in [5.74, 6) is 0.772. The second-order valence-electron chi connectivity index (χ2n) is 7.73. The number of rotatable bonds is 7. The lowest BCUT2D eigenvalue weighted by molar-refractivity contribution is -0.123. The Morgan fingerprint density at radius 1 is 1.30 bits per heavy atom. The predicted molar refractivity (Wildman–Crippen MR) is 120 cm³/mol. The maximum atomic E-state index is 12.8. The van der Waals surface area contributed by atoms with E-state index in [0.717, 1.165) is 45.5 Å². The third-order valence-corrected chi connectivity index (χ3v) is 5.38. The number of amides is 1. The van der Waals surface area contributed by atoms with Crippen LogP contribution in [0.3, 0.4) is 0 Å². The molecule has 1 unspecified atom stereocenters. The SMILES string of the molecule is COc1ccc2c(c1)c(-c1cc3cccnc3[nH]1)cn2C(C)C(=O)NCCN(C)C. The fourth-order valence-electron chi connectivity index (χ4n) is 3.68. The third-order valence-electron chi connectivity index (χ3n) is 5.38. The highest BCUT2D eigenvalue weighted by Crippen LogP contribution is 2.35. The van der Waals surface area contributed by atoms with Gasteiger partial charge in [-0.05, 0) is 57.4 Å². The molecule has 0 saturated heterocycles. The average Bonchev–Trinajstić information content (AvgIpc) is 3.33. The summed E-state index contributed by atoms with van der Waals surface area (Å²) in [4.78, 5) is 22.6. The van der Waals surface area contributed by atoms with Crippen LogP contribution in [0.2, 0.25) is 0 Å². The zero-order chi connectivity index (χ0) is 21.3. The molecule has 0 spiro atoms. The fraction of sp³-hybridized carbons (Fsp3) is 0.304. The van der Waals surface area contributed by atoms with Gasteiger partial charge in [0.2, 0.25) is 5.91 Å². The van der Waals surface area contributed by atoms with Gasteiger partial charge in [0.25, 0.3) is 0 Å². The van der Waals surface area contributed by atoms with Gasteiger partial charge in [-0.3, -0.25) is 4.79 Å². The molecule has 3 aromatic heterocycles. The number of hydrogen-bond donors (Lipinski definition) is 2. The monoisotopic (exact) mass is 405 g/mol. The number of hydrogen-bond acceptors (Lipinski definition) is 4. The molecule has 0 aliphatic rings. The van der Waals surface area contributed by atoms with Crippen LogP contribution in [0.5, 0.6) is 5.75 Å². The van der Waals surface area contributed by atoms with E-state index in [-0.39, 0.29) is 11.9 Å². The summed E-state index contributed by atoms with van der Waals surface area (Å²) < 4.78 is 7.47. The van der Waals surface area contributed by atoms with Crippen LogP contribution in [0.4, 0.5) is 0 Å². The molecule has 2 N–H and O–H groups in total. The lowest BCUT2D eigenvalue weighted by Gasteiger charge is -2.17. The minimum absolute atomic E-state index is 0.00516. The van der Waals surface area contributed by atoms with Gasteiger partial charge in [0.15, 0.2) is 0 Å². The molecule has 3 heterocycles. The van der Waals surface area contributed by atoms with Crippen LogP contribution in [0, 0.1) is 0 Å². The molecule has 1 aromatic carbocycles. The Labute approximate surface area is 175 Å². The lowest BCUT2D eigenvalue weighted by atomic mass is 10.1. The standard InChI is InChI=1S/C23H27N5O2/c1-15(23(29)25-10-11-27(2)3)28-14-19(18-13-17(30-4)7-8-21(18)28)20-12-16-6-5-9-24-22(16)26-20/h5-9,12-15H,10-11H2,1-4H3,(H,24,26)(H,25,29). The Morgan fingerprint density at radius 2 is 2.13 bits per heavy atom. The Morgan fingerprint density at radius 3 is 2.87 bits per heavy atom. The molecular weight excluding hydrogens is 378 g/mol. The minimum Gasteiger partial charge on any atom is -0.497 e. The van der Waals surface area contributed by atoms with Gasteiger partial charge in [0, 0.05) is 53.0 Å². The first kappa shape index (κ1) is 20.0. The molecule has 30 heavy (non-hydrogen) atoms. The number of benzene rings is 1. The van der Waals surface area contributed by atoms with Crippen molar-refractivity contribution in [2.24, 2.45) is 0 Å². The van der Waals surface area contributed by atoms with Gasteiger partial charge < -0.3 is 24.5 Å². The molecule has 4 aromatic rings. The molecule has 156 valence electrons. The molecule has 0 fully saturated rings. The Hall–Kier alpha value is -3.32. The van der Waals surface area contributed by atoms with E-state index in [1.54, 1.807) is 13.3 Å². The van der Waals surface area contributed by atoms with Crippen molar-refractivity contribution in [3.63, 3.8) is 0 Å². The average molecular weight is 406 g/mol. The van der Waals surface area contributed by atoms with Gasteiger partial charge in [-0.25, -0.2) is 4.98 Å². The molecular formula is C23H27N5O2. The summed E-state index contributed by atoms with van der Waals surface area (Å²) in [5, 5.41) is 5.10. The number of pyridine rings is 1. The molecule has 1 atom stereocenters. The summed E-state index contributed by atoms with van der Waals surface area (Å²) in [5.41, 5.74) is 3.79. The summed E-state index contributed by atoms with van der Waals surface area (Å²) in [6, 6.07) is 11.6. The van der Waals surface area contributed by atoms with Crippen LogP contribution in [-0.2, 0) is 4.79 Å². The van der Waals surface area contributed by atoms with E-state index < -0.39 is 0 Å². The van der Waals surface area contributed by atoms with Crippen molar-refractivity contribution in [3.8, 4) is 17.0 Å². The van der Waals surface area contributed by atoms with E-state index >= 15 is 0 Å². The molecule has 0 radical (unpaired) electrons. The molecule has 0 bridgehead atoms. The molecule has 1 amide bonds. The van der Waals surface area contributed by atoms with Crippen LogP contribution < -0.4 is 10.1 Å². The van der Waals surface area contributed by atoms with Crippen LogP contribution in [-0.4, -0.2) is 59.6 Å². The first-order valence-corrected chi connectivity index (χ1v) is 10.0. The zero-order valence-corrected chi connectivity index (χ0v) is 17.8. The number of nitrogens with zero attached hydrogens (tertiary/aromatic N) is 3. The Bertz CT molecular complexity index is 1160. The number of aromatic nitrogens is 3. The topological polar surface area (TPSA) is 75.2 Å². The number of aromatic amines is 1. The maximum Gasteiger partial charge on any atom is 0.242 e. The largest absolute Gasteiger partial charge is 0.497 e. The van der Waals surface area contributed by atoms with Crippen molar-refractivity contribution in [2.45, 2.75) is 13.0 Å². The number of carbonyl (C=O) groups excluding carboxylic acids is 1. The van der Waals surface area contributed by atoms with Crippen LogP contribution in [0.1, 0.15) is 13.0 Å². The van der Waals surface area contributed by atoms with Crippen molar-refractivity contribution < 1.29 is 9.53 Å². The van der Waals surface area contributed by atoms with Gasteiger partial charge in [-0.15, -0.1) is 0 Å². The van der Waals surface area contributed by atoms with E-state index in [2.05, 4.69) is 21.4 Å². The second kappa shape index (κ2) is 8.20. The molecule has 4 rings (SSSR count). The quantitative estimate of drug-likeness (QED) is 0.494. The van der Waals surface area contributed by atoms with Crippen LogP contribution >= 0.6 is 0 Å². The van der Waals surface area contributed by atoms with Crippen LogP contribution in [0.25, 0.3) is 33.2 Å². The van der Waals surface area contributed by atoms with Crippen molar-refractivity contribution in [1.29, 1.82) is 0 Å². The highest BCUT2D eigenvalue weighted by Gasteiger charge is 2.20. The number of fused-ring (bicyclic) bond motifs is 2. The molecule has 0 aliphatic carbocycles. The summed E-state index contributed by atoms with van der Waals surface area (Å²) >= 11 is 0. The summed E-state index contributed by atoms with van der Waals surface area (Å²) in [7, 11) is 5.64. The Balaban J connectivity index is 1.76. The lowest BCUT2D eigenvalue weighted by Crippen LogP contribution is -2.35. The van der Waals surface area contributed by atoms with E-state index in [1.165, 1.54) is 0 Å². The Kier molecular flexibility index (Phi) is 5.46. The fourth-order valence-corrected chi connectivity index (χ4v) is 3.68. The molecule has 0 saturated carbocycles. The van der Waals surface area contributed by atoms with Gasteiger partial charge in [-0.2, -0.15) is 0 Å². The summed E-state index contributed by atoms with van der Waals surface area (Å²) in [6.45, 7) is 3.34. The van der Waals surface area contributed by atoms with Crippen molar-refractivity contribution >= 4 is 27.8 Å². The smallest absolute Gasteiger partial charge is 0.242 e. The van der Waals surface area contributed by atoms with Crippen molar-refractivity contribution in [1.82, 2.24) is 24.8 Å². The van der Waals surface area contributed by atoms with Crippen LogP contribution in [0.15, 0.2) is 48.8 Å². The van der Waals surface area contributed by atoms with Gasteiger partial charge in [0.1, 0.15) is 17.4 Å². The zero-order valence-electron chi connectivity index (χ0n) is 17.8. The number of nitrogens with one attached hydrogen (secondary N) is 2. The van der Waals surface area contributed by atoms with E-state index in [0.29, 0.717) is 6.54 Å². The number of methoxy groups -OCH3 is 1. The summed E-state index contributed by atoms with van der Waals surface area (Å²) in [6.07, 6.45) is 3.81. The van der Waals surface area contributed by atoms with Gasteiger partial charge >= 0.3 is 0 Å².